The average molecular weight is 433 g/mol. The third kappa shape index (κ3) is 3.93. The number of hydrogen-bond donors (Lipinski definition) is 2. The van der Waals surface area contributed by atoms with Crippen LogP contribution in [0.25, 0.3) is 21.8 Å². The molecule has 0 saturated heterocycles. The zero-order valence-electron chi connectivity index (χ0n) is 16.1. The van der Waals surface area contributed by atoms with Crippen molar-refractivity contribution < 1.29 is 18.7 Å². The maximum atomic E-state index is 14.1. The third-order valence-corrected chi connectivity index (χ3v) is 5.57. The van der Waals surface area contributed by atoms with Gasteiger partial charge in [0.2, 0.25) is 6.79 Å². The molecule has 31 heavy (non-hydrogen) atoms. The van der Waals surface area contributed by atoms with Crippen molar-refractivity contribution in [3.8, 4) is 33.3 Å². The maximum Gasteiger partial charge on any atom is 0.323 e. The number of hydrogen-bond acceptors (Lipinski definition) is 5. The number of carbonyl (C=O) groups excluding carboxylic acids is 1. The molecule has 0 aliphatic carbocycles. The van der Waals surface area contributed by atoms with E-state index in [0.29, 0.717) is 39.1 Å². The fraction of sp³-hybridized carbons (Fsp3) is 0.0435. The van der Waals surface area contributed by atoms with Gasteiger partial charge in [-0.2, -0.15) is 0 Å². The number of para-hydroxylation sites is 1. The summed E-state index contributed by atoms with van der Waals surface area (Å²) in [5, 5.41) is 8.06. The molecular formula is C23H16FN3O3S. The minimum absolute atomic E-state index is 0.168. The summed E-state index contributed by atoms with van der Waals surface area (Å²) in [5.41, 5.74) is 3.01. The minimum atomic E-state index is -0.407. The highest BCUT2D eigenvalue weighted by atomic mass is 32.1. The number of urea groups is 1. The summed E-state index contributed by atoms with van der Waals surface area (Å²) >= 11 is 1.35. The monoisotopic (exact) mass is 433 g/mol. The van der Waals surface area contributed by atoms with Gasteiger partial charge in [0.15, 0.2) is 11.5 Å². The lowest BCUT2D eigenvalue weighted by Crippen LogP contribution is -2.19. The Kier molecular flexibility index (Phi) is 4.97. The largest absolute Gasteiger partial charge is 0.454 e. The number of anilines is 2. The molecular weight excluding hydrogens is 417 g/mol. The molecule has 2 heterocycles. The highest BCUT2D eigenvalue weighted by molar-refractivity contribution is 7.13. The molecule has 0 fully saturated rings. The van der Waals surface area contributed by atoms with Crippen LogP contribution in [0.3, 0.4) is 0 Å². The van der Waals surface area contributed by atoms with E-state index in [0.717, 1.165) is 5.56 Å². The number of aromatic nitrogens is 1. The Morgan fingerprint density at radius 2 is 1.71 bits per heavy atom. The van der Waals surface area contributed by atoms with Gasteiger partial charge >= 0.3 is 6.03 Å². The van der Waals surface area contributed by atoms with Crippen LogP contribution >= 0.6 is 11.3 Å². The predicted octanol–water partition coefficient (Wildman–Crippen LogP) is 5.99. The van der Waals surface area contributed by atoms with Crippen LogP contribution in [-0.2, 0) is 0 Å². The molecule has 0 bridgehead atoms. The van der Waals surface area contributed by atoms with Gasteiger partial charge in [0.05, 0.1) is 11.4 Å². The molecule has 5 rings (SSSR count). The van der Waals surface area contributed by atoms with Gasteiger partial charge in [-0.25, -0.2) is 14.2 Å². The van der Waals surface area contributed by atoms with Crippen molar-refractivity contribution in [2.45, 2.75) is 0 Å². The summed E-state index contributed by atoms with van der Waals surface area (Å²) in [6.45, 7) is 0.168. The standard InChI is InChI=1S/C23H16FN3O3S/c24-17-7-3-1-5-15(17)22-26-19(12-31-22)16-6-2-4-8-18(16)27-23(28)25-14-9-10-20-21(11-14)30-13-29-20/h1-12H,13H2,(H2,25,27,28). The van der Waals surface area contributed by atoms with Gasteiger partial charge < -0.3 is 20.1 Å². The quantitative estimate of drug-likeness (QED) is 0.415. The number of nitrogens with zero attached hydrogens (tertiary/aromatic N) is 1. The Hall–Kier alpha value is -3.91. The van der Waals surface area contributed by atoms with Gasteiger partial charge in [0.1, 0.15) is 10.8 Å². The number of benzene rings is 3. The summed E-state index contributed by atoms with van der Waals surface area (Å²) in [5.74, 6) is 0.907. The molecule has 0 saturated carbocycles. The molecule has 2 N–H and O–H groups in total. The molecule has 0 atom stereocenters. The van der Waals surface area contributed by atoms with Crippen molar-refractivity contribution in [1.29, 1.82) is 0 Å². The maximum absolute atomic E-state index is 14.1. The van der Waals surface area contributed by atoms with Crippen molar-refractivity contribution in [3.05, 3.63) is 77.9 Å². The smallest absolute Gasteiger partial charge is 0.323 e. The second kappa shape index (κ2) is 8.08. The van der Waals surface area contributed by atoms with E-state index in [1.165, 1.54) is 17.4 Å². The highest BCUT2D eigenvalue weighted by Gasteiger charge is 2.16. The molecule has 4 aromatic rings. The average Bonchev–Trinajstić information content (AvgIpc) is 3.44. The molecule has 8 heteroatoms. The van der Waals surface area contributed by atoms with Crippen LogP contribution in [0.15, 0.2) is 72.1 Å². The summed E-state index contributed by atoms with van der Waals surface area (Å²) in [6, 6.07) is 18.6. The Morgan fingerprint density at radius 3 is 2.58 bits per heavy atom. The first-order chi connectivity index (χ1) is 15.2. The van der Waals surface area contributed by atoms with Crippen LogP contribution in [0.2, 0.25) is 0 Å². The number of carbonyl (C=O) groups is 1. The first-order valence-corrected chi connectivity index (χ1v) is 10.3. The second-order valence-corrected chi connectivity index (χ2v) is 7.57. The number of nitrogens with one attached hydrogen (secondary N) is 2. The van der Waals surface area contributed by atoms with Gasteiger partial charge in [-0.1, -0.05) is 30.3 Å². The highest BCUT2D eigenvalue weighted by Crippen LogP contribution is 2.35. The molecule has 1 aliphatic heterocycles. The fourth-order valence-corrected chi connectivity index (χ4v) is 4.08. The zero-order chi connectivity index (χ0) is 21.2. The van der Waals surface area contributed by atoms with Crippen LogP contribution in [0.1, 0.15) is 0 Å². The Labute approximate surface area is 181 Å². The first-order valence-electron chi connectivity index (χ1n) is 9.45. The topological polar surface area (TPSA) is 72.5 Å². The summed E-state index contributed by atoms with van der Waals surface area (Å²) in [7, 11) is 0. The SMILES string of the molecule is O=C(Nc1ccc2c(c1)OCO2)Nc1ccccc1-c1csc(-c2ccccc2F)n1. The Balaban J connectivity index is 1.36. The van der Waals surface area contributed by atoms with Crippen molar-refractivity contribution in [2.75, 3.05) is 17.4 Å². The van der Waals surface area contributed by atoms with Crippen LogP contribution in [0, 0.1) is 5.82 Å². The van der Waals surface area contributed by atoms with Crippen molar-refractivity contribution in [1.82, 2.24) is 4.98 Å². The molecule has 1 aliphatic rings. The lowest BCUT2D eigenvalue weighted by molar-refractivity contribution is 0.174. The Bertz CT molecular complexity index is 1270. The lowest BCUT2D eigenvalue weighted by Gasteiger charge is -2.11. The number of halogens is 1. The number of ether oxygens (including phenoxy) is 2. The Morgan fingerprint density at radius 1 is 0.935 bits per heavy atom. The van der Waals surface area contributed by atoms with Gasteiger partial charge in [-0.3, -0.25) is 0 Å². The first kappa shape index (κ1) is 19.1. The van der Waals surface area contributed by atoms with E-state index in [1.807, 2.05) is 23.6 Å². The van der Waals surface area contributed by atoms with Gasteiger partial charge in [-0.05, 0) is 30.3 Å². The van der Waals surface area contributed by atoms with Crippen LogP contribution in [0.4, 0.5) is 20.6 Å². The van der Waals surface area contributed by atoms with E-state index in [4.69, 9.17) is 9.47 Å². The fourth-order valence-electron chi connectivity index (χ4n) is 3.23. The van der Waals surface area contributed by atoms with E-state index in [-0.39, 0.29) is 12.6 Å². The normalized spacial score (nSPS) is 11.9. The third-order valence-electron chi connectivity index (χ3n) is 4.69. The van der Waals surface area contributed by atoms with Gasteiger partial charge in [0, 0.05) is 28.3 Å². The second-order valence-electron chi connectivity index (χ2n) is 6.71. The molecule has 3 aromatic carbocycles. The van der Waals surface area contributed by atoms with E-state index >= 15 is 0 Å². The number of fused-ring (bicyclic) bond motifs is 1. The van der Waals surface area contributed by atoms with E-state index in [1.54, 1.807) is 42.5 Å². The van der Waals surface area contributed by atoms with Crippen molar-refractivity contribution in [3.63, 3.8) is 0 Å². The van der Waals surface area contributed by atoms with Crippen LogP contribution < -0.4 is 20.1 Å². The summed E-state index contributed by atoms with van der Waals surface area (Å²) in [4.78, 5) is 17.2. The lowest BCUT2D eigenvalue weighted by atomic mass is 10.1. The molecule has 0 unspecified atom stereocenters. The minimum Gasteiger partial charge on any atom is -0.454 e. The van der Waals surface area contributed by atoms with Gasteiger partial charge in [0.25, 0.3) is 0 Å². The number of amides is 2. The molecule has 6 nitrogen and oxygen atoms in total. The summed E-state index contributed by atoms with van der Waals surface area (Å²) in [6.07, 6.45) is 0. The molecule has 0 spiro atoms. The molecule has 154 valence electrons. The van der Waals surface area contributed by atoms with Crippen LogP contribution in [0.5, 0.6) is 11.5 Å². The predicted molar refractivity (Wildman–Crippen MR) is 118 cm³/mol. The van der Waals surface area contributed by atoms with E-state index < -0.39 is 6.03 Å². The van der Waals surface area contributed by atoms with Crippen molar-refractivity contribution in [2.24, 2.45) is 0 Å². The van der Waals surface area contributed by atoms with E-state index in [9.17, 15) is 9.18 Å². The van der Waals surface area contributed by atoms with Crippen molar-refractivity contribution >= 4 is 28.7 Å². The molecule has 0 radical (unpaired) electrons. The molecule has 2 amide bonds. The number of rotatable bonds is 4. The number of thiazole rings is 1. The van der Waals surface area contributed by atoms with Crippen LogP contribution in [-0.4, -0.2) is 17.8 Å². The summed E-state index contributed by atoms with van der Waals surface area (Å²) < 4.78 is 24.7. The zero-order valence-corrected chi connectivity index (χ0v) is 16.9. The molecule has 1 aromatic heterocycles. The van der Waals surface area contributed by atoms with E-state index in [2.05, 4.69) is 15.6 Å². The van der Waals surface area contributed by atoms with Gasteiger partial charge in [-0.15, -0.1) is 11.3 Å².